The number of amides is 1. The van der Waals surface area contributed by atoms with Crippen LogP contribution in [0.4, 0.5) is 0 Å². The standard InChI is InChI=1S/C21H22N4O/c26-21(20-6-9-23-15-24-20)25-10-1-2-16(7-11-25)12-17-3-4-19-14-22-8-5-18(19)13-17/h3-6,8-9,13-16H,1-2,7,10-12H2/t16-/m0/s1. The molecule has 3 heterocycles. The fourth-order valence-corrected chi connectivity index (χ4v) is 3.74. The molecule has 26 heavy (non-hydrogen) atoms. The Morgan fingerprint density at radius 1 is 1.04 bits per heavy atom. The van der Waals surface area contributed by atoms with Gasteiger partial charge in [-0.15, -0.1) is 0 Å². The van der Waals surface area contributed by atoms with Crippen LogP contribution in [0, 0.1) is 5.92 Å². The minimum atomic E-state index is 0.0197. The molecule has 1 amide bonds. The summed E-state index contributed by atoms with van der Waals surface area (Å²) >= 11 is 0. The van der Waals surface area contributed by atoms with Gasteiger partial charge in [-0.05, 0) is 54.7 Å². The van der Waals surface area contributed by atoms with Crippen LogP contribution < -0.4 is 0 Å². The summed E-state index contributed by atoms with van der Waals surface area (Å²) in [6.45, 7) is 1.60. The van der Waals surface area contributed by atoms with E-state index >= 15 is 0 Å². The molecule has 1 saturated heterocycles. The second-order valence-electron chi connectivity index (χ2n) is 6.95. The topological polar surface area (TPSA) is 59.0 Å². The summed E-state index contributed by atoms with van der Waals surface area (Å²) in [7, 11) is 0. The summed E-state index contributed by atoms with van der Waals surface area (Å²) in [6.07, 6.45) is 11.1. The zero-order valence-electron chi connectivity index (χ0n) is 14.7. The number of carbonyl (C=O) groups is 1. The molecule has 1 aliphatic heterocycles. The number of hydrogen-bond acceptors (Lipinski definition) is 4. The molecule has 3 aromatic rings. The van der Waals surface area contributed by atoms with Crippen LogP contribution in [0.3, 0.4) is 0 Å². The quantitative estimate of drug-likeness (QED) is 0.728. The summed E-state index contributed by atoms with van der Waals surface area (Å²) in [5, 5.41) is 2.42. The van der Waals surface area contributed by atoms with Crippen molar-refractivity contribution in [1.29, 1.82) is 0 Å². The lowest BCUT2D eigenvalue weighted by Gasteiger charge is -2.20. The van der Waals surface area contributed by atoms with Gasteiger partial charge >= 0.3 is 0 Å². The Hall–Kier alpha value is -2.82. The molecule has 0 bridgehead atoms. The van der Waals surface area contributed by atoms with Crippen molar-refractivity contribution in [2.24, 2.45) is 5.92 Å². The van der Waals surface area contributed by atoms with Crippen LogP contribution in [0.2, 0.25) is 0 Å². The van der Waals surface area contributed by atoms with Crippen LogP contribution in [-0.2, 0) is 6.42 Å². The molecule has 1 aliphatic rings. The fraction of sp³-hybridized carbons (Fsp3) is 0.333. The predicted octanol–water partition coefficient (Wildman–Crippen LogP) is 3.51. The van der Waals surface area contributed by atoms with E-state index in [4.69, 9.17) is 0 Å². The van der Waals surface area contributed by atoms with Gasteiger partial charge in [0.1, 0.15) is 12.0 Å². The molecule has 0 unspecified atom stereocenters. The summed E-state index contributed by atoms with van der Waals surface area (Å²) < 4.78 is 0. The highest BCUT2D eigenvalue weighted by Gasteiger charge is 2.22. The van der Waals surface area contributed by atoms with Crippen molar-refractivity contribution in [3.8, 4) is 0 Å². The SMILES string of the molecule is O=C(c1ccncn1)N1CCC[C@H](Cc2ccc3cnccc3c2)CC1. The van der Waals surface area contributed by atoms with Gasteiger partial charge in [0.05, 0.1) is 0 Å². The van der Waals surface area contributed by atoms with Crippen molar-refractivity contribution >= 4 is 16.7 Å². The largest absolute Gasteiger partial charge is 0.337 e. The number of benzene rings is 1. The first-order valence-corrected chi connectivity index (χ1v) is 9.17. The average molecular weight is 346 g/mol. The van der Waals surface area contributed by atoms with Gasteiger partial charge in [0, 0.05) is 37.1 Å². The van der Waals surface area contributed by atoms with Crippen LogP contribution >= 0.6 is 0 Å². The van der Waals surface area contributed by atoms with E-state index in [1.54, 1.807) is 12.3 Å². The van der Waals surface area contributed by atoms with E-state index in [1.165, 1.54) is 22.7 Å². The first-order valence-electron chi connectivity index (χ1n) is 9.17. The Bertz CT molecular complexity index is 897. The van der Waals surface area contributed by atoms with Crippen molar-refractivity contribution in [3.05, 3.63) is 66.5 Å². The smallest absolute Gasteiger partial charge is 0.272 e. The van der Waals surface area contributed by atoms with Gasteiger partial charge in [0.15, 0.2) is 0 Å². The van der Waals surface area contributed by atoms with Gasteiger partial charge in [0.25, 0.3) is 5.91 Å². The van der Waals surface area contributed by atoms with Gasteiger partial charge in [-0.25, -0.2) is 9.97 Å². The van der Waals surface area contributed by atoms with Gasteiger partial charge in [-0.3, -0.25) is 9.78 Å². The molecule has 1 fully saturated rings. The van der Waals surface area contributed by atoms with E-state index in [0.29, 0.717) is 11.6 Å². The monoisotopic (exact) mass is 346 g/mol. The highest BCUT2D eigenvalue weighted by Crippen LogP contribution is 2.24. The third-order valence-corrected chi connectivity index (χ3v) is 5.17. The minimum Gasteiger partial charge on any atom is -0.337 e. The van der Waals surface area contributed by atoms with Crippen LogP contribution in [-0.4, -0.2) is 38.8 Å². The maximum atomic E-state index is 12.6. The Kier molecular flexibility index (Phi) is 4.86. The van der Waals surface area contributed by atoms with Crippen LogP contribution in [0.1, 0.15) is 35.3 Å². The fourth-order valence-electron chi connectivity index (χ4n) is 3.74. The normalized spacial score (nSPS) is 17.8. The number of pyridine rings is 1. The summed E-state index contributed by atoms with van der Waals surface area (Å²) in [5.74, 6) is 0.628. The maximum absolute atomic E-state index is 12.6. The molecule has 5 nitrogen and oxygen atoms in total. The molecule has 1 aromatic carbocycles. The van der Waals surface area contributed by atoms with E-state index in [2.05, 4.69) is 39.2 Å². The number of likely N-dealkylation sites (tertiary alicyclic amines) is 1. The number of hydrogen-bond donors (Lipinski definition) is 0. The van der Waals surface area contributed by atoms with Crippen LogP contribution in [0.15, 0.2) is 55.2 Å². The Labute approximate surface area is 153 Å². The summed E-state index contributed by atoms with van der Waals surface area (Å²) in [5.41, 5.74) is 1.85. The lowest BCUT2D eigenvalue weighted by Crippen LogP contribution is -2.32. The third kappa shape index (κ3) is 3.72. The second kappa shape index (κ2) is 7.60. The number of rotatable bonds is 3. The van der Waals surface area contributed by atoms with Gasteiger partial charge in [-0.2, -0.15) is 0 Å². The molecule has 0 saturated carbocycles. The molecule has 0 radical (unpaired) electrons. The van der Waals surface area contributed by atoms with E-state index in [0.717, 1.165) is 38.8 Å². The minimum absolute atomic E-state index is 0.0197. The lowest BCUT2D eigenvalue weighted by molar-refractivity contribution is 0.0754. The molecule has 132 valence electrons. The predicted molar refractivity (Wildman–Crippen MR) is 101 cm³/mol. The number of carbonyl (C=O) groups excluding carboxylic acids is 1. The zero-order valence-corrected chi connectivity index (χ0v) is 14.7. The molecular formula is C21H22N4O. The highest BCUT2D eigenvalue weighted by molar-refractivity contribution is 5.92. The average Bonchev–Trinajstić information content (AvgIpc) is 2.93. The molecule has 0 spiro atoms. The van der Waals surface area contributed by atoms with Gasteiger partial charge < -0.3 is 4.90 Å². The molecule has 1 atom stereocenters. The van der Waals surface area contributed by atoms with Crippen molar-refractivity contribution in [3.63, 3.8) is 0 Å². The molecular weight excluding hydrogens is 324 g/mol. The van der Waals surface area contributed by atoms with Crippen molar-refractivity contribution in [2.45, 2.75) is 25.7 Å². The van der Waals surface area contributed by atoms with E-state index in [1.807, 2.05) is 17.3 Å². The van der Waals surface area contributed by atoms with Gasteiger partial charge in [-0.1, -0.05) is 18.2 Å². The third-order valence-electron chi connectivity index (χ3n) is 5.17. The Balaban J connectivity index is 1.41. The molecule has 0 aliphatic carbocycles. The highest BCUT2D eigenvalue weighted by atomic mass is 16.2. The zero-order chi connectivity index (χ0) is 17.8. The number of nitrogens with zero attached hydrogens (tertiary/aromatic N) is 4. The van der Waals surface area contributed by atoms with Crippen molar-refractivity contribution in [2.75, 3.05) is 13.1 Å². The van der Waals surface area contributed by atoms with E-state index in [-0.39, 0.29) is 5.91 Å². The molecule has 2 aromatic heterocycles. The Morgan fingerprint density at radius 2 is 1.96 bits per heavy atom. The number of aromatic nitrogens is 3. The lowest BCUT2D eigenvalue weighted by atomic mass is 9.92. The van der Waals surface area contributed by atoms with Crippen molar-refractivity contribution in [1.82, 2.24) is 19.9 Å². The molecule has 5 heteroatoms. The Morgan fingerprint density at radius 3 is 2.85 bits per heavy atom. The van der Waals surface area contributed by atoms with Gasteiger partial charge in [0.2, 0.25) is 0 Å². The van der Waals surface area contributed by atoms with Crippen LogP contribution in [0.5, 0.6) is 0 Å². The van der Waals surface area contributed by atoms with E-state index in [9.17, 15) is 4.79 Å². The van der Waals surface area contributed by atoms with Crippen LogP contribution in [0.25, 0.3) is 10.8 Å². The van der Waals surface area contributed by atoms with Crippen molar-refractivity contribution < 1.29 is 4.79 Å². The molecule has 0 N–H and O–H groups in total. The maximum Gasteiger partial charge on any atom is 0.272 e. The van der Waals surface area contributed by atoms with E-state index < -0.39 is 0 Å². The first-order chi connectivity index (χ1) is 12.8. The second-order valence-corrected chi connectivity index (χ2v) is 6.95. The summed E-state index contributed by atoms with van der Waals surface area (Å²) in [4.78, 5) is 26.7. The number of fused-ring (bicyclic) bond motifs is 1. The summed E-state index contributed by atoms with van der Waals surface area (Å²) in [6, 6.07) is 10.4. The molecule has 4 rings (SSSR count). The first kappa shape index (κ1) is 16.6.